The van der Waals surface area contributed by atoms with Crippen LogP contribution in [0.15, 0.2) is 65.1 Å². The van der Waals surface area contributed by atoms with Gasteiger partial charge in [0.1, 0.15) is 5.52 Å². The van der Waals surface area contributed by atoms with Crippen molar-refractivity contribution in [2.24, 2.45) is 0 Å². The number of rotatable bonds is 3. The van der Waals surface area contributed by atoms with Crippen LogP contribution in [0.25, 0.3) is 22.6 Å². The van der Waals surface area contributed by atoms with E-state index in [1.165, 1.54) is 0 Å². The van der Waals surface area contributed by atoms with Gasteiger partial charge in [0.2, 0.25) is 5.89 Å². The number of aromatic nitrogens is 1. The van der Waals surface area contributed by atoms with Gasteiger partial charge in [-0.3, -0.25) is 4.79 Å². The van der Waals surface area contributed by atoms with Gasteiger partial charge in [-0.1, -0.05) is 47.5 Å². The first-order valence-corrected chi connectivity index (χ1v) is 9.00. The van der Waals surface area contributed by atoms with Crippen LogP contribution >= 0.6 is 23.2 Å². The van der Waals surface area contributed by atoms with Gasteiger partial charge in [-0.2, -0.15) is 0 Å². The maximum Gasteiger partial charge on any atom is 0.257 e. The molecule has 0 unspecified atom stereocenters. The number of nitrogens with one attached hydrogen (secondary N) is 1. The second-order valence-electron chi connectivity index (χ2n) is 6.07. The first-order chi connectivity index (χ1) is 13.0. The van der Waals surface area contributed by atoms with E-state index in [1.807, 2.05) is 31.2 Å². The molecule has 1 amide bonds. The molecule has 4 nitrogen and oxygen atoms in total. The number of halogens is 2. The fourth-order valence-electron chi connectivity index (χ4n) is 2.81. The number of carbonyl (C=O) groups excluding carboxylic acids is 1. The molecule has 4 rings (SSSR count). The van der Waals surface area contributed by atoms with Crippen LogP contribution < -0.4 is 5.32 Å². The molecule has 0 saturated carbocycles. The lowest BCUT2D eigenvalue weighted by Gasteiger charge is -2.07. The lowest BCUT2D eigenvalue weighted by atomic mass is 10.1. The molecule has 1 N–H and O–H groups in total. The van der Waals surface area contributed by atoms with Crippen molar-refractivity contribution in [1.82, 2.24) is 4.98 Å². The van der Waals surface area contributed by atoms with Crippen LogP contribution in [-0.4, -0.2) is 10.9 Å². The average Bonchev–Trinajstić information content (AvgIpc) is 3.07. The van der Waals surface area contributed by atoms with E-state index in [2.05, 4.69) is 10.3 Å². The van der Waals surface area contributed by atoms with E-state index < -0.39 is 0 Å². The number of oxazole rings is 1. The molecule has 0 radical (unpaired) electrons. The van der Waals surface area contributed by atoms with Gasteiger partial charge in [0.15, 0.2) is 5.58 Å². The highest BCUT2D eigenvalue weighted by Gasteiger charge is 2.14. The Morgan fingerprint density at radius 3 is 2.67 bits per heavy atom. The molecule has 0 spiro atoms. The SMILES string of the molecule is Cc1ccccc1-c1nc2cc(NC(=O)c3cccc(Cl)c3Cl)ccc2o1. The number of amides is 1. The van der Waals surface area contributed by atoms with E-state index >= 15 is 0 Å². The van der Waals surface area contributed by atoms with Crippen LogP contribution in [0, 0.1) is 6.92 Å². The van der Waals surface area contributed by atoms with Gasteiger partial charge in [0, 0.05) is 11.3 Å². The zero-order valence-electron chi connectivity index (χ0n) is 14.3. The first-order valence-electron chi connectivity index (χ1n) is 8.25. The summed E-state index contributed by atoms with van der Waals surface area (Å²) in [7, 11) is 0. The monoisotopic (exact) mass is 396 g/mol. The quantitative estimate of drug-likeness (QED) is 0.438. The number of fused-ring (bicyclic) bond motifs is 1. The molecule has 1 heterocycles. The molecule has 1 aromatic heterocycles. The van der Waals surface area contributed by atoms with Gasteiger partial charge in [0.25, 0.3) is 5.91 Å². The van der Waals surface area contributed by atoms with Crippen molar-refractivity contribution in [1.29, 1.82) is 0 Å². The largest absolute Gasteiger partial charge is 0.436 e. The zero-order chi connectivity index (χ0) is 19.0. The van der Waals surface area contributed by atoms with Crippen LogP contribution in [0.2, 0.25) is 10.0 Å². The molecular weight excluding hydrogens is 383 g/mol. The zero-order valence-corrected chi connectivity index (χ0v) is 15.8. The summed E-state index contributed by atoms with van der Waals surface area (Å²) in [5, 5.41) is 3.37. The second kappa shape index (κ2) is 7.06. The van der Waals surface area contributed by atoms with E-state index in [4.69, 9.17) is 27.6 Å². The molecule has 3 aromatic carbocycles. The summed E-state index contributed by atoms with van der Waals surface area (Å²) in [6, 6.07) is 18.1. The average molecular weight is 397 g/mol. The smallest absolute Gasteiger partial charge is 0.257 e. The normalized spacial score (nSPS) is 10.9. The van der Waals surface area contributed by atoms with E-state index in [0.717, 1.165) is 11.1 Å². The fourth-order valence-corrected chi connectivity index (χ4v) is 3.20. The maximum atomic E-state index is 12.5. The minimum atomic E-state index is -0.343. The van der Waals surface area contributed by atoms with Crippen molar-refractivity contribution >= 4 is 45.9 Å². The fraction of sp³-hybridized carbons (Fsp3) is 0.0476. The highest BCUT2D eigenvalue weighted by Crippen LogP contribution is 2.29. The molecule has 0 bridgehead atoms. The van der Waals surface area contributed by atoms with Gasteiger partial charge < -0.3 is 9.73 Å². The number of benzene rings is 3. The Bertz CT molecular complexity index is 1170. The molecule has 6 heteroatoms. The molecule has 4 aromatic rings. The molecule has 0 aliphatic carbocycles. The summed E-state index contributed by atoms with van der Waals surface area (Å²) in [6.07, 6.45) is 0. The maximum absolute atomic E-state index is 12.5. The molecule has 0 saturated heterocycles. The Morgan fingerprint density at radius 1 is 1.04 bits per heavy atom. The molecule has 0 atom stereocenters. The van der Waals surface area contributed by atoms with E-state index in [0.29, 0.717) is 33.3 Å². The van der Waals surface area contributed by atoms with Gasteiger partial charge in [-0.15, -0.1) is 0 Å². The summed E-state index contributed by atoms with van der Waals surface area (Å²) in [6.45, 7) is 2.00. The summed E-state index contributed by atoms with van der Waals surface area (Å²) < 4.78 is 5.85. The third-order valence-corrected chi connectivity index (χ3v) is 5.04. The minimum absolute atomic E-state index is 0.223. The molecule has 0 fully saturated rings. The first kappa shape index (κ1) is 17.6. The highest BCUT2D eigenvalue weighted by molar-refractivity contribution is 6.44. The van der Waals surface area contributed by atoms with Gasteiger partial charge in [0.05, 0.1) is 15.6 Å². The topological polar surface area (TPSA) is 55.1 Å². The van der Waals surface area contributed by atoms with Crippen molar-refractivity contribution in [3.8, 4) is 11.5 Å². The Hall–Kier alpha value is -2.82. The van der Waals surface area contributed by atoms with Crippen molar-refractivity contribution < 1.29 is 9.21 Å². The third-order valence-electron chi connectivity index (χ3n) is 4.22. The Labute approximate surface area is 165 Å². The van der Waals surface area contributed by atoms with Crippen molar-refractivity contribution in [3.05, 3.63) is 81.8 Å². The van der Waals surface area contributed by atoms with Gasteiger partial charge in [-0.25, -0.2) is 4.98 Å². The number of nitrogens with zero attached hydrogens (tertiary/aromatic N) is 1. The Morgan fingerprint density at radius 2 is 1.85 bits per heavy atom. The molecule has 134 valence electrons. The van der Waals surface area contributed by atoms with Crippen molar-refractivity contribution in [2.45, 2.75) is 6.92 Å². The minimum Gasteiger partial charge on any atom is -0.436 e. The van der Waals surface area contributed by atoms with Gasteiger partial charge in [-0.05, 0) is 48.9 Å². The van der Waals surface area contributed by atoms with E-state index in [-0.39, 0.29) is 10.9 Å². The van der Waals surface area contributed by atoms with Crippen LogP contribution in [-0.2, 0) is 0 Å². The lowest BCUT2D eigenvalue weighted by Crippen LogP contribution is -2.12. The van der Waals surface area contributed by atoms with Crippen LogP contribution in [0.1, 0.15) is 15.9 Å². The van der Waals surface area contributed by atoms with Crippen LogP contribution in [0.3, 0.4) is 0 Å². The molecular formula is C21H14Cl2N2O2. The summed E-state index contributed by atoms with van der Waals surface area (Å²) in [5.41, 5.74) is 4.21. The summed E-state index contributed by atoms with van der Waals surface area (Å²) in [4.78, 5) is 17.0. The number of hydrogen-bond acceptors (Lipinski definition) is 3. The number of carbonyl (C=O) groups is 1. The summed E-state index contributed by atoms with van der Waals surface area (Å²) in [5.74, 6) is 0.203. The Balaban J connectivity index is 1.65. The number of hydrogen-bond donors (Lipinski definition) is 1. The van der Waals surface area contributed by atoms with Crippen LogP contribution in [0.4, 0.5) is 5.69 Å². The Kier molecular flexibility index (Phi) is 4.60. The number of anilines is 1. The highest BCUT2D eigenvalue weighted by atomic mass is 35.5. The third kappa shape index (κ3) is 3.42. The molecule has 0 aliphatic rings. The van der Waals surface area contributed by atoms with Crippen molar-refractivity contribution in [2.75, 3.05) is 5.32 Å². The van der Waals surface area contributed by atoms with E-state index in [1.54, 1.807) is 36.4 Å². The predicted molar refractivity (Wildman–Crippen MR) is 109 cm³/mol. The lowest BCUT2D eigenvalue weighted by molar-refractivity contribution is 0.102. The number of aryl methyl sites for hydroxylation is 1. The second-order valence-corrected chi connectivity index (χ2v) is 6.86. The summed E-state index contributed by atoms with van der Waals surface area (Å²) >= 11 is 12.1. The molecule has 0 aliphatic heterocycles. The standard InChI is InChI=1S/C21H14Cl2N2O2/c1-12-5-2-3-6-14(12)21-25-17-11-13(9-10-18(17)27-21)24-20(26)15-7-4-8-16(22)19(15)23/h2-11H,1H3,(H,24,26). The van der Waals surface area contributed by atoms with E-state index in [9.17, 15) is 4.79 Å². The van der Waals surface area contributed by atoms with Crippen LogP contribution in [0.5, 0.6) is 0 Å². The van der Waals surface area contributed by atoms with Gasteiger partial charge >= 0.3 is 0 Å². The predicted octanol–water partition coefficient (Wildman–Crippen LogP) is 6.36. The molecule has 27 heavy (non-hydrogen) atoms. The van der Waals surface area contributed by atoms with Crippen molar-refractivity contribution in [3.63, 3.8) is 0 Å².